The van der Waals surface area contributed by atoms with Crippen LogP contribution < -0.4 is 10.0 Å². The van der Waals surface area contributed by atoms with E-state index in [-0.39, 0.29) is 29.7 Å². The Morgan fingerprint density at radius 2 is 1.84 bits per heavy atom. The number of amides is 2. The Balaban J connectivity index is 1.70. The van der Waals surface area contributed by atoms with Gasteiger partial charge >= 0.3 is 6.03 Å². The summed E-state index contributed by atoms with van der Waals surface area (Å²) in [7, 11) is -3.50. The average molecular weight is 460 g/mol. The van der Waals surface area contributed by atoms with Crippen molar-refractivity contribution in [3.05, 3.63) is 59.9 Å². The lowest BCUT2D eigenvalue weighted by Gasteiger charge is -2.30. The van der Waals surface area contributed by atoms with Crippen LogP contribution in [0.4, 0.5) is 9.18 Å². The Labute approximate surface area is 189 Å². The van der Waals surface area contributed by atoms with E-state index in [9.17, 15) is 13.2 Å². The van der Waals surface area contributed by atoms with Crippen LogP contribution in [0.3, 0.4) is 0 Å². The van der Waals surface area contributed by atoms with E-state index in [4.69, 9.17) is 0 Å². The molecular weight excluding hydrogens is 429 g/mol. The molecule has 1 spiro atoms. The lowest BCUT2D eigenvalue weighted by Crippen LogP contribution is -2.52. The fourth-order valence-corrected chi connectivity index (χ4v) is 5.66. The third-order valence-electron chi connectivity index (χ3n) is 6.43. The van der Waals surface area contributed by atoms with E-state index in [2.05, 4.69) is 10.0 Å². The molecule has 2 unspecified atom stereocenters. The van der Waals surface area contributed by atoms with Crippen LogP contribution in [0.25, 0.3) is 11.1 Å². The number of nitrogens with zero attached hydrogens (tertiary/aromatic N) is 1. The molecule has 2 fully saturated rings. The summed E-state index contributed by atoms with van der Waals surface area (Å²) in [4.78, 5) is 14.7. The van der Waals surface area contributed by atoms with Gasteiger partial charge in [0.25, 0.3) is 0 Å². The third-order valence-corrected chi connectivity index (χ3v) is 7.11. The number of hydrogen-bond acceptors (Lipinski definition) is 3. The zero-order valence-corrected chi connectivity index (χ0v) is 19.5. The third kappa shape index (κ3) is 4.66. The van der Waals surface area contributed by atoms with Crippen molar-refractivity contribution in [2.75, 3.05) is 12.8 Å². The zero-order valence-electron chi connectivity index (χ0n) is 18.6. The van der Waals surface area contributed by atoms with Gasteiger partial charge in [0.15, 0.2) is 0 Å². The molecule has 6 nitrogen and oxygen atoms in total. The molecule has 2 aromatic carbocycles. The van der Waals surface area contributed by atoms with Gasteiger partial charge in [-0.05, 0) is 44.2 Å². The zero-order chi connectivity index (χ0) is 23.1. The summed E-state index contributed by atoms with van der Waals surface area (Å²) in [5.41, 5.74) is 1.46. The highest BCUT2D eigenvalue weighted by Gasteiger charge is 2.61. The van der Waals surface area contributed by atoms with Crippen LogP contribution in [0.15, 0.2) is 48.5 Å². The first-order valence-electron chi connectivity index (χ1n) is 11.0. The maximum atomic E-state index is 15.6. The lowest BCUT2D eigenvalue weighted by atomic mass is 9.91. The molecule has 32 heavy (non-hydrogen) atoms. The Kier molecular flexibility index (Phi) is 6.02. The Hall–Kier alpha value is -2.45. The van der Waals surface area contributed by atoms with Crippen LogP contribution in [0, 0.1) is 11.2 Å². The quantitative estimate of drug-likeness (QED) is 0.694. The van der Waals surface area contributed by atoms with Gasteiger partial charge in [0.1, 0.15) is 5.82 Å². The predicted molar refractivity (Wildman–Crippen MR) is 123 cm³/mol. The number of carbonyl (C=O) groups is 1. The van der Waals surface area contributed by atoms with Crippen molar-refractivity contribution in [3.8, 4) is 11.1 Å². The second-order valence-electron chi connectivity index (χ2n) is 9.38. The van der Waals surface area contributed by atoms with Crippen LogP contribution in [-0.2, 0) is 16.4 Å². The predicted octanol–water partition coefficient (Wildman–Crippen LogP) is 3.54. The maximum Gasteiger partial charge on any atom is 0.317 e. The molecule has 1 saturated carbocycles. The first kappa shape index (κ1) is 22.7. The summed E-state index contributed by atoms with van der Waals surface area (Å²) in [5, 5.41) is 2.92. The smallest absolute Gasteiger partial charge is 0.317 e. The van der Waals surface area contributed by atoms with Gasteiger partial charge in [-0.3, -0.25) is 0 Å². The van der Waals surface area contributed by atoms with E-state index in [0.717, 1.165) is 24.7 Å². The van der Waals surface area contributed by atoms with Crippen LogP contribution in [0.1, 0.15) is 32.3 Å². The van der Waals surface area contributed by atoms with Gasteiger partial charge in [-0.2, -0.15) is 0 Å². The highest BCUT2D eigenvalue weighted by atomic mass is 32.2. The largest absolute Gasteiger partial charge is 0.336 e. The number of halogens is 1. The molecule has 2 aliphatic rings. The van der Waals surface area contributed by atoms with Gasteiger partial charge in [0.2, 0.25) is 10.0 Å². The van der Waals surface area contributed by atoms with E-state index in [1.807, 2.05) is 44.2 Å². The number of hydrogen-bond donors (Lipinski definition) is 2. The first-order chi connectivity index (χ1) is 15.1. The molecule has 1 aliphatic heterocycles. The van der Waals surface area contributed by atoms with Crippen molar-refractivity contribution in [2.24, 2.45) is 5.41 Å². The molecule has 1 saturated heterocycles. The molecule has 4 rings (SSSR count). The maximum absolute atomic E-state index is 15.6. The minimum atomic E-state index is -3.50. The fraction of sp³-hybridized carbons (Fsp3) is 0.458. The van der Waals surface area contributed by atoms with Gasteiger partial charge < -0.3 is 10.2 Å². The van der Waals surface area contributed by atoms with E-state index < -0.39 is 22.1 Å². The molecule has 2 N–H and O–H groups in total. The molecule has 1 heterocycles. The van der Waals surface area contributed by atoms with Crippen LogP contribution in [0.5, 0.6) is 0 Å². The summed E-state index contributed by atoms with van der Waals surface area (Å²) >= 11 is 0. The Morgan fingerprint density at radius 1 is 1.16 bits per heavy atom. The summed E-state index contributed by atoms with van der Waals surface area (Å²) in [6, 6.07) is 13.3. The van der Waals surface area contributed by atoms with Gasteiger partial charge in [-0.1, -0.05) is 48.5 Å². The molecular formula is C24H30FN3O3S. The number of rotatable bonds is 6. The average Bonchev–Trinajstić information content (AvgIpc) is 3.44. The number of sulfonamides is 1. The van der Waals surface area contributed by atoms with E-state index >= 15 is 4.39 Å². The second-order valence-corrected chi connectivity index (χ2v) is 11.2. The van der Waals surface area contributed by atoms with Crippen molar-refractivity contribution in [3.63, 3.8) is 0 Å². The molecule has 0 radical (unpaired) electrons. The van der Waals surface area contributed by atoms with E-state index in [1.54, 1.807) is 23.1 Å². The number of benzene rings is 2. The summed E-state index contributed by atoms with van der Waals surface area (Å²) in [6.07, 6.45) is 3.05. The monoisotopic (exact) mass is 459 g/mol. The summed E-state index contributed by atoms with van der Waals surface area (Å²) < 4.78 is 42.7. The summed E-state index contributed by atoms with van der Waals surface area (Å²) in [5.74, 6) is -0.335. The molecule has 2 atom stereocenters. The number of nitrogens with one attached hydrogen (secondary N) is 2. The molecule has 172 valence electrons. The van der Waals surface area contributed by atoms with Crippen molar-refractivity contribution < 1.29 is 17.6 Å². The fourth-order valence-electron chi connectivity index (χ4n) is 4.79. The Bertz CT molecular complexity index is 1100. The first-order valence-corrected chi connectivity index (χ1v) is 12.9. The van der Waals surface area contributed by atoms with Crippen LogP contribution in [-0.4, -0.2) is 50.3 Å². The molecule has 8 heteroatoms. The van der Waals surface area contributed by atoms with E-state index in [0.29, 0.717) is 17.7 Å². The highest BCUT2D eigenvalue weighted by molar-refractivity contribution is 7.88. The van der Waals surface area contributed by atoms with Crippen molar-refractivity contribution >= 4 is 16.1 Å². The van der Waals surface area contributed by atoms with Crippen molar-refractivity contribution in [2.45, 2.75) is 51.2 Å². The molecule has 1 aliphatic carbocycles. The number of carbonyl (C=O) groups excluding carboxylic acids is 1. The van der Waals surface area contributed by atoms with Crippen LogP contribution in [0.2, 0.25) is 0 Å². The molecule has 0 bridgehead atoms. The number of urea groups is 1. The van der Waals surface area contributed by atoms with Crippen LogP contribution >= 0.6 is 0 Å². The van der Waals surface area contributed by atoms with Gasteiger partial charge in [0.05, 0.1) is 12.3 Å². The standard InChI is InChI=1S/C24H30FN3O3S/c1-16(2)26-23(29)28-15-24(12-13-24)22(27-32(3,30)31)20(28)14-18-10-7-11-19(21(18)25)17-8-5-4-6-9-17/h4-11,16,20,22,27H,12-15H2,1-3H3,(H,26,29). The van der Waals surface area contributed by atoms with Gasteiger partial charge in [-0.25, -0.2) is 22.3 Å². The molecule has 2 amide bonds. The topological polar surface area (TPSA) is 78.5 Å². The van der Waals surface area contributed by atoms with Gasteiger partial charge in [0, 0.05) is 29.6 Å². The van der Waals surface area contributed by atoms with Crippen molar-refractivity contribution in [1.29, 1.82) is 0 Å². The molecule has 0 aromatic heterocycles. The minimum Gasteiger partial charge on any atom is -0.336 e. The lowest BCUT2D eigenvalue weighted by molar-refractivity contribution is 0.186. The second kappa shape index (κ2) is 8.48. The van der Waals surface area contributed by atoms with Crippen molar-refractivity contribution in [1.82, 2.24) is 14.9 Å². The number of likely N-dealkylation sites (tertiary alicyclic amines) is 1. The van der Waals surface area contributed by atoms with Gasteiger partial charge in [-0.15, -0.1) is 0 Å². The normalized spacial score (nSPS) is 21.8. The SMILES string of the molecule is CC(C)NC(=O)N1CC2(CC2)C(NS(C)(=O)=O)C1Cc1cccc(-c2ccccc2)c1F. The highest BCUT2D eigenvalue weighted by Crippen LogP contribution is 2.55. The molecule has 2 aromatic rings. The minimum absolute atomic E-state index is 0.0571. The van der Waals surface area contributed by atoms with E-state index in [1.165, 1.54) is 0 Å². The Morgan fingerprint density at radius 3 is 2.44 bits per heavy atom. The summed E-state index contributed by atoms with van der Waals surface area (Å²) in [6.45, 7) is 4.22.